The number of carbonyl (C=O) groups is 4. The van der Waals surface area contributed by atoms with Gasteiger partial charge in [-0.15, -0.1) is 0 Å². The van der Waals surface area contributed by atoms with Crippen molar-refractivity contribution in [1.82, 2.24) is 21.3 Å². The van der Waals surface area contributed by atoms with E-state index in [4.69, 9.17) is 0 Å². The normalized spacial score (nSPS) is 28.5. The summed E-state index contributed by atoms with van der Waals surface area (Å²) in [4.78, 5) is 49.5. The Hall–Kier alpha value is -3.68. The quantitative estimate of drug-likeness (QED) is 0.120. The number of allylic oxidation sites excluding steroid dienone is 18. The van der Waals surface area contributed by atoms with Crippen molar-refractivity contribution in [2.75, 3.05) is 0 Å². The van der Waals surface area contributed by atoms with Crippen molar-refractivity contribution in [2.45, 2.75) is 101 Å². The van der Waals surface area contributed by atoms with E-state index in [-0.39, 0.29) is 22.7 Å². The van der Waals surface area contributed by atoms with Gasteiger partial charge in [0.2, 0.25) is 0 Å². The molecular weight excluding hydrogens is 907 g/mol. The molecule has 0 bridgehead atoms. The number of amides is 4. The van der Waals surface area contributed by atoms with Crippen molar-refractivity contribution < 1.29 is 42.1 Å². The van der Waals surface area contributed by atoms with Crippen LogP contribution in [0.15, 0.2) is 116 Å². The van der Waals surface area contributed by atoms with E-state index >= 15 is 0 Å². The summed E-state index contributed by atoms with van der Waals surface area (Å²) in [6.45, 7) is 28.1. The molecule has 0 aliphatic heterocycles. The standard InChI is InChI=1S/2C23H29N2O2Si.Hf/c2*1-14-19-15(2)23(3,4)20(16-9-7-8-10-16)17(19)11-18(24-12-26)21(25-13-27)22(14)28(5)6;/h2*7-9,11-14H,10H2,1-6H3,(H,24,26)(H,25,27);. The average Bonchev–Trinajstić information content (AvgIpc) is 3.91. The number of hydrogen-bond acceptors (Lipinski definition) is 4. The van der Waals surface area contributed by atoms with Crippen LogP contribution in [0.4, 0.5) is 0 Å². The topological polar surface area (TPSA) is 116 Å². The summed E-state index contributed by atoms with van der Waals surface area (Å²) in [5.41, 5.74) is 12.8. The minimum atomic E-state index is -2.36. The van der Waals surface area contributed by atoms with E-state index in [1.54, 1.807) is 0 Å². The molecule has 0 saturated heterocycles. The first-order chi connectivity index (χ1) is 27.0. The van der Waals surface area contributed by atoms with Crippen LogP contribution in [0.25, 0.3) is 0 Å². The number of fused-ring (bicyclic) bond motifs is 2. The van der Waals surface area contributed by atoms with E-state index in [1.165, 1.54) is 54.9 Å². The zero-order chi connectivity index (χ0) is 41.8. The van der Waals surface area contributed by atoms with E-state index in [0.29, 0.717) is 22.8 Å². The number of hydrogen-bond donors (Lipinski definition) is 4. The molecule has 6 aliphatic carbocycles. The van der Waals surface area contributed by atoms with Crippen molar-refractivity contribution in [1.29, 1.82) is 0 Å². The fourth-order valence-electron chi connectivity index (χ4n) is 11.3. The van der Waals surface area contributed by atoms with E-state index in [2.05, 4.69) is 151 Å². The van der Waals surface area contributed by atoms with Gasteiger partial charge in [-0.25, -0.2) is 0 Å². The SMILES string of the molecule is CC1=C2C(=CC(NC=O)=C(NC=O)C(=[Si](C)C)C2C)[C]([Hf][C]2(C3=CC=CC3)C3=CC(NC=O)=C(NC=O)C(=[Si](C)C)C(C)C3=C(C)C2(C)C)(C2=CC=CC2)C1(C)C. The zero-order valence-electron chi connectivity index (χ0n) is 35.6. The molecule has 0 fully saturated rings. The molecule has 6 rings (SSSR count). The van der Waals surface area contributed by atoms with Crippen LogP contribution in [0.1, 0.15) is 68.2 Å². The third-order valence-corrected chi connectivity index (χ3v) is 29.1. The van der Waals surface area contributed by atoms with Crippen molar-refractivity contribution in [2.24, 2.45) is 22.7 Å². The molecule has 4 amide bonds. The van der Waals surface area contributed by atoms with E-state index in [1.807, 2.05) is 0 Å². The maximum atomic E-state index is 12.5. The van der Waals surface area contributed by atoms with Crippen LogP contribution in [0.5, 0.6) is 0 Å². The summed E-state index contributed by atoms with van der Waals surface area (Å²) >= 11 is -2.36. The Kier molecular flexibility index (Phi) is 11.9. The van der Waals surface area contributed by atoms with Crippen LogP contribution < -0.4 is 21.3 Å². The van der Waals surface area contributed by atoms with Gasteiger partial charge in [-0.2, -0.15) is 0 Å². The summed E-state index contributed by atoms with van der Waals surface area (Å²) < 4.78 is -0.794. The summed E-state index contributed by atoms with van der Waals surface area (Å²) in [6, 6.07) is 0. The summed E-state index contributed by atoms with van der Waals surface area (Å²) in [5, 5.41) is 14.7. The van der Waals surface area contributed by atoms with Gasteiger partial charge in [0.25, 0.3) is 0 Å². The molecule has 4 N–H and O–H groups in total. The second-order valence-corrected chi connectivity index (χ2v) is 29.0. The molecule has 0 radical (unpaired) electrons. The van der Waals surface area contributed by atoms with Gasteiger partial charge >= 0.3 is 356 Å². The van der Waals surface area contributed by atoms with Crippen molar-refractivity contribution in [3.8, 4) is 0 Å². The molecule has 298 valence electrons. The van der Waals surface area contributed by atoms with Gasteiger partial charge in [0, 0.05) is 0 Å². The third-order valence-electron chi connectivity index (χ3n) is 14.1. The fraction of sp³-hybridized carbons (Fsp3) is 0.435. The molecule has 0 aromatic rings. The van der Waals surface area contributed by atoms with Gasteiger partial charge in [0.1, 0.15) is 0 Å². The summed E-state index contributed by atoms with van der Waals surface area (Å²) in [6.07, 6.45) is 22.8. The predicted octanol–water partition coefficient (Wildman–Crippen LogP) is 7.45. The first kappa shape index (κ1) is 42.9. The minimum absolute atomic E-state index is 0.0100. The van der Waals surface area contributed by atoms with Crippen molar-refractivity contribution >= 4 is 52.8 Å². The number of nitrogens with one attached hydrogen (secondary N) is 4. The number of carbonyl (C=O) groups excluding carboxylic acids is 4. The second-order valence-electron chi connectivity index (χ2n) is 17.6. The Labute approximate surface area is 353 Å². The zero-order valence-corrected chi connectivity index (χ0v) is 41.2. The molecule has 4 unspecified atom stereocenters. The van der Waals surface area contributed by atoms with Crippen LogP contribution in [-0.4, -0.2) is 52.8 Å². The molecule has 6 aliphatic rings. The Bertz CT molecular complexity index is 2090. The van der Waals surface area contributed by atoms with Crippen molar-refractivity contribution in [3.63, 3.8) is 0 Å². The summed E-state index contributed by atoms with van der Waals surface area (Å²) in [7, 11) is -2.23. The second kappa shape index (κ2) is 15.8. The van der Waals surface area contributed by atoms with Gasteiger partial charge in [0.15, 0.2) is 0 Å². The van der Waals surface area contributed by atoms with Crippen LogP contribution in [-0.2, 0) is 42.1 Å². The van der Waals surface area contributed by atoms with Gasteiger partial charge in [-0.1, -0.05) is 0 Å². The van der Waals surface area contributed by atoms with Crippen LogP contribution in [0.3, 0.4) is 0 Å². The predicted molar refractivity (Wildman–Crippen MR) is 232 cm³/mol. The summed E-state index contributed by atoms with van der Waals surface area (Å²) in [5.74, 6) is 0.0201. The van der Waals surface area contributed by atoms with E-state index in [9.17, 15) is 19.2 Å². The van der Waals surface area contributed by atoms with Gasteiger partial charge in [-0.05, 0) is 0 Å². The molecule has 0 saturated carbocycles. The molecule has 0 aromatic carbocycles. The van der Waals surface area contributed by atoms with Crippen molar-refractivity contribution in [3.05, 3.63) is 116 Å². The average molecular weight is 966 g/mol. The number of rotatable bonds is 12. The van der Waals surface area contributed by atoms with E-state index < -0.39 is 46.1 Å². The van der Waals surface area contributed by atoms with Gasteiger partial charge in [-0.3, -0.25) is 0 Å². The Morgan fingerprint density at radius 3 is 1.25 bits per heavy atom. The van der Waals surface area contributed by atoms with E-state index in [0.717, 1.165) is 38.5 Å². The first-order valence-corrected chi connectivity index (χ1v) is 28.6. The Balaban J connectivity index is 1.79. The van der Waals surface area contributed by atoms with Crippen LogP contribution in [0, 0.1) is 22.7 Å². The molecule has 0 aromatic heterocycles. The fourth-order valence-corrected chi connectivity index (χ4v) is 25.3. The molecular formula is C46H58HfN4O4Si2. The Morgan fingerprint density at radius 2 is 0.965 bits per heavy atom. The molecule has 0 heterocycles. The maximum absolute atomic E-state index is 12.5. The Morgan fingerprint density at radius 1 is 0.614 bits per heavy atom. The molecule has 11 heteroatoms. The van der Waals surface area contributed by atoms with Gasteiger partial charge in [0.05, 0.1) is 0 Å². The monoisotopic (exact) mass is 966 g/mol. The molecule has 8 nitrogen and oxygen atoms in total. The van der Waals surface area contributed by atoms with Gasteiger partial charge < -0.3 is 0 Å². The molecule has 4 atom stereocenters. The first-order valence-electron chi connectivity index (χ1n) is 20.0. The third kappa shape index (κ3) is 6.19. The molecule has 57 heavy (non-hydrogen) atoms. The van der Waals surface area contributed by atoms with Crippen LogP contribution in [0.2, 0.25) is 32.5 Å². The molecule has 0 spiro atoms. The van der Waals surface area contributed by atoms with Crippen LogP contribution >= 0.6 is 0 Å².